The van der Waals surface area contributed by atoms with Crippen molar-refractivity contribution in [2.45, 2.75) is 27.2 Å². The third-order valence-corrected chi connectivity index (χ3v) is 3.36. The number of benzene rings is 1. The minimum Gasteiger partial charge on any atom is -0.372 e. The molecule has 2 nitrogen and oxygen atoms in total. The molecule has 1 rings (SSSR count). The number of carbonyl (C=O) groups is 1. The predicted molar refractivity (Wildman–Crippen MR) is 72.3 cm³/mol. The molecule has 0 aromatic heterocycles. The highest BCUT2D eigenvalue weighted by Crippen LogP contribution is 2.25. The van der Waals surface area contributed by atoms with Gasteiger partial charge in [-0.2, -0.15) is 0 Å². The maximum Gasteiger partial charge on any atom is 0.163 e. The Hall–Kier alpha value is -0.830. The van der Waals surface area contributed by atoms with E-state index in [1.165, 1.54) is 0 Å². The summed E-state index contributed by atoms with van der Waals surface area (Å²) in [5, 5.41) is 0. The van der Waals surface area contributed by atoms with Crippen LogP contribution < -0.4 is 4.90 Å². The van der Waals surface area contributed by atoms with Crippen molar-refractivity contribution in [1.82, 2.24) is 0 Å². The fraction of sp³-hybridized carbons (Fsp3) is 0.462. The number of Topliss-reactive ketones (excluding diaryl/α,β-unsaturated/α-hetero) is 1. The first-order valence-electron chi connectivity index (χ1n) is 5.71. The van der Waals surface area contributed by atoms with Gasteiger partial charge in [-0.3, -0.25) is 4.79 Å². The fourth-order valence-electron chi connectivity index (χ4n) is 1.71. The van der Waals surface area contributed by atoms with E-state index >= 15 is 0 Å². The summed E-state index contributed by atoms with van der Waals surface area (Å²) in [4.78, 5) is 13.9. The van der Waals surface area contributed by atoms with Crippen molar-refractivity contribution in [3.05, 3.63) is 28.2 Å². The molecular formula is C13H18BrNO. The number of hydrogen-bond donors (Lipinski definition) is 0. The van der Waals surface area contributed by atoms with E-state index in [0.29, 0.717) is 6.42 Å². The molecule has 0 radical (unpaired) electrons. The second-order valence-electron chi connectivity index (χ2n) is 3.61. The summed E-state index contributed by atoms with van der Waals surface area (Å²) < 4.78 is 0.892. The van der Waals surface area contributed by atoms with Crippen LogP contribution in [0.4, 0.5) is 5.69 Å². The van der Waals surface area contributed by atoms with Gasteiger partial charge in [0.25, 0.3) is 0 Å². The normalized spacial score (nSPS) is 10.2. The second kappa shape index (κ2) is 6.04. The van der Waals surface area contributed by atoms with Gasteiger partial charge in [0.15, 0.2) is 5.78 Å². The molecule has 0 heterocycles. The van der Waals surface area contributed by atoms with Crippen LogP contribution in [0, 0.1) is 0 Å². The van der Waals surface area contributed by atoms with Crippen molar-refractivity contribution in [3.8, 4) is 0 Å². The van der Waals surface area contributed by atoms with E-state index in [9.17, 15) is 4.79 Å². The van der Waals surface area contributed by atoms with Crippen LogP contribution in [-0.4, -0.2) is 18.9 Å². The fourth-order valence-corrected chi connectivity index (χ4v) is 2.29. The number of carbonyl (C=O) groups excluding carboxylic acids is 1. The van der Waals surface area contributed by atoms with Crippen molar-refractivity contribution in [1.29, 1.82) is 0 Å². The average Bonchev–Trinajstić information content (AvgIpc) is 2.30. The lowest BCUT2D eigenvalue weighted by Crippen LogP contribution is -2.21. The molecule has 0 unspecified atom stereocenters. The van der Waals surface area contributed by atoms with Crippen LogP contribution in [0.5, 0.6) is 0 Å². The van der Waals surface area contributed by atoms with Crippen molar-refractivity contribution in [2.75, 3.05) is 18.0 Å². The molecule has 1 aromatic rings. The third-order valence-electron chi connectivity index (χ3n) is 2.70. The Morgan fingerprint density at radius 1 is 1.25 bits per heavy atom. The molecule has 0 aliphatic carbocycles. The molecule has 0 aliphatic heterocycles. The van der Waals surface area contributed by atoms with Gasteiger partial charge in [-0.05, 0) is 48.0 Å². The molecule has 3 heteroatoms. The summed E-state index contributed by atoms with van der Waals surface area (Å²) in [5.74, 6) is 0.179. The molecule has 0 atom stereocenters. The van der Waals surface area contributed by atoms with Crippen molar-refractivity contribution < 1.29 is 4.79 Å². The Morgan fingerprint density at radius 3 is 2.31 bits per heavy atom. The van der Waals surface area contributed by atoms with E-state index in [1.807, 2.05) is 25.1 Å². The van der Waals surface area contributed by atoms with Gasteiger partial charge in [-0.25, -0.2) is 0 Å². The van der Waals surface area contributed by atoms with Gasteiger partial charge in [0.1, 0.15) is 0 Å². The van der Waals surface area contributed by atoms with Crippen LogP contribution in [0.3, 0.4) is 0 Å². The summed E-state index contributed by atoms with van der Waals surface area (Å²) in [7, 11) is 0. The first-order chi connectivity index (χ1) is 7.63. The average molecular weight is 284 g/mol. The van der Waals surface area contributed by atoms with Crippen LogP contribution in [-0.2, 0) is 0 Å². The van der Waals surface area contributed by atoms with Crippen molar-refractivity contribution in [2.24, 2.45) is 0 Å². The van der Waals surface area contributed by atoms with Crippen LogP contribution in [0.15, 0.2) is 22.7 Å². The van der Waals surface area contributed by atoms with Gasteiger partial charge in [0.05, 0.1) is 0 Å². The minimum atomic E-state index is 0.179. The second-order valence-corrected chi connectivity index (χ2v) is 4.47. The van der Waals surface area contributed by atoms with E-state index in [0.717, 1.165) is 28.8 Å². The summed E-state index contributed by atoms with van der Waals surface area (Å²) in [6, 6.07) is 5.94. The van der Waals surface area contributed by atoms with Gasteiger partial charge in [0, 0.05) is 35.2 Å². The highest BCUT2D eigenvalue weighted by molar-refractivity contribution is 9.10. The van der Waals surface area contributed by atoms with Gasteiger partial charge in [-0.1, -0.05) is 6.92 Å². The zero-order chi connectivity index (χ0) is 12.1. The Bertz CT molecular complexity index is 372. The molecule has 88 valence electrons. The highest BCUT2D eigenvalue weighted by atomic mass is 79.9. The first-order valence-corrected chi connectivity index (χ1v) is 6.51. The Kier molecular flexibility index (Phi) is 5.00. The molecule has 0 amide bonds. The summed E-state index contributed by atoms with van der Waals surface area (Å²) in [6.07, 6.45) is 0.545. The summed E-state index contributed by atoms with van der Waals surface area (Å²) in [6.45, 7) is 8.09. The quantitative estimate of drug-likeness (QED) is 0.765. The van der Waals surface area contributed by atoms with E-state index < -0.39 is 0 Å². The smallest absolute Gasteiger partial charge is 0.163 e. The Morgan fingerprint density at radius 2 is 1.88 bits per heavy atom. The highest BCUT2D eigenvalue weighted by Gasteiger charge is 2.10. The topological polar surface area (TPSA) is 20.3 Å². The Labute approximate surface area is 106 Å². The lowest BCUT2D eigenvalue weighted by atomic mass is 10.1. The molecule has 1 aromatic carbocycles. The number of ketones is 1. The van der Waals surface area contributed by atoms with E-state index in [-0.39, 0.29) is 5.78 Å². The van der Waals surface area contributed by atoms with E-state index in [2.05, 4.69) is 34.7 Å². The molecule has 0 N–H and O–H groups in total. The summed E-state index contributed by atoms with van der Waals surface area (Å²) in [5.41, 5.74) is 1.93. The molecule has 0 bridgehead atoms. The maximum absolute atomic E-state index is 11.6. The van der Waals surface area contributed by atoms with Crippen LogP contribution in [0.1, 0.15) is 37.6 Å². The third kappa shape index (κ3) is 2.85. The lowest BCUT2D eigenvalue weighted by Gasteiger charge is -2.21. The number of anilines is 1. The molecule has 0 fully saturated rings. The van der Waals surface area contributed by atoms with Gasteiger partial charge >= 0.3 is 0 Å². The van der Waals surface area contributed by atoms with Gasteiger partial charge < -0.3 is 4.90 Å². The van der Waals surface area contributed by atoms with Gasteiger partial charge in [0.2, 0.25) is 0 Å². The van der Waals surface area contributed by atoms with Crippen molar-refractivity contribution in [3.63, 3.8) is 0 Å². The molecule has 16 heavy (non-hydrogen) atoms. The van der Waals surface area contributed by atoms with E-state index in [4.69, 9.17) is 0 Å². The number of nitrogens with zero attached hydrogens (tertiary/aromatic N) is 1. The molecule has 0 spiro atoms. The van der Waals surface area contributed by atoms with Crippen LogP contribution in [0.2, 0.25) is 0 Å². The zero-order valence-corrected chi connectivity index (χ0v) is 11.7. The van der Waals surface area contributed by atoms with Crippen LogP contribution in [0.25, 0.3) is 0 Å². The monoisotopic (exact) mass is 283 g/mol. The molecule has 0 aliphatic rings. The maximum atomic E-state index is 11.6. The largest absolute Gasteiger partial charge is 0.372 e. The minimum absolute atomic E-state index is 0.179. The first kappa shape index (κ1) is 13.2. The SMILES string of the molecule is CCC(=O)c1ccc(N(CC)CC)cc1Br. The number of halogens is 1. The van der Waals surface area contributed by atoms with E-state index in [1.54, 1.807) is 0 Å². The van der Waals surface area contributed by atoms with Gasteiger partial charge in [-0.15, -0.1) is 0 Å². The molecular weight excluding hydrogens is 266 g/mol. The molecule has 0 saturated carbocycles. The molecule has 0 saturated heterocycles. The lowest BCUT2D eigenvalue weighted by molar-refractivity contribution is 0.0987. The zero-order valence-electron chi connectivity index (χ0n) is 10.1. The van der Waals surface area contributed by atoms with Crippen LogP contribution >= 0.6 is 15.9 Å². The summed E-state index contributed by atoms with van der Waals surface area (Å²) >= 11 is 3.47. The number of hydrogen-bond acceptors (Lipinski definition) is 2. The number of rotatable bonds is 5. The van der Waals surface area contributed by atoms with Crippen molar-refractivity contribution >= 4 is 27.4 Å². The Balaban J connectivity index is 3.03. The standard InChI is InChI=1S/C13H18BrNO/c1-4-13(16)11-8-7-10(9-12(11)14)15(5-2)6-3/h7-9H,4-6H2,1-3H3. The predicted octanol–water partition coefficient (Wildman–Crippen LogP) is 3.89.